The molecule has 2 aromatic rings. The Hall–Kier alpha value is -2.53. The molecular weight excluding hydrogens is 412 g/mol. The number of rotatable bonds is 9. The smallest absolute Gasteiger partial charge is 0.220 e. The molecular formula is C28H40N2O3. The second-order valence-electron chi connectivity index (χ2n) is 10.4. The normalized spacial score (nSPS) is 22.3. The first-order valence-electron chi connectivity index (χ1n) is 12.2. The Labute approximate surface area is 198 Å². The molecule has 1 saturated heterocycles. The van der Waals surface area contributed by atoms with Crippen LogP contribution in [-0.2, 0) is 16.6 Å². The van der Waals surface area contributed by atoms with Gasteiger partial charge in [-0.2, -0.15) is 0 Å². The molecule has 0 aromatic heterocycles. The van der Waals surface area contributed by atoms with E-state index in [-0.39, 0.29) is 23.1 Å². The number of carbonyl (C=O) groups excluding carboxylic acids is 1. The van der Waals surface area contributed by atoms with Crippen molar-refractivity contribution in [3.63, 3.8) is 0 Å². The molecule has 0 unspecified atom stereocenters. The van der Waals surface area contributed by atoms with Gasteiger partial charge in [0.1, 0.15) is 11.5 Å². The first kappa shape index (κ1) is 25.1. The monoisotopic (exact) mass is 452 g/mol. The highest BCUT2D eigenvalue weighted by molar-refractivity contribution is 5.76. The molecule has 180 valence electrons. The first-order chi connectivity index (χ1) is 15.7. The molecule has 0 spiro atoms. The summed E-state index contributed by atoms with van der Waals surface area (Å²) >= 11 is 0. The molecule has 1 amide bonds. The average molecular weight is 453 g/mol. The Morgan fingerprint density at radius 1 is 1.15 bits per heavy atom. The van der Waals surface area contributed by atoms with Crippen LogP contribution in [0, 0.1) is 11.8 Å². The van der Waals surface area contributed by atoms with Crippen LogP contribution in [0.25, 0.3) is 0 Å². The van der Waals surface area contributed by atoms with Crippen molar-refractivity contribution in [2.75, 3.05) is 19.6 Å². The lowest BCUT2D eigenvalue weighted by Gasteiger charge is -2.46. The van der Waals surface area contributed by atoms with E-state index in [0.717, 1.165) is 38.0 Å². The standard InChI is InChI=1S/C28H40N2O3/c1-20(2)16-24(29-27(33)13-10-22-8-11-25(31)12-9-22)19-30-15-14-28(4,21(3)18-30)23-6-5-7-26(32)17-23/h5-9,11-12,17,20-21,24,31-32H,10,13-16,18-19H2,1-4H3,(H,29,33)/t21-,24-,28+/m0/s1. The maximum atomic E-state index is 12.7. The van der Waals surface area contributed by atoms with Crippen LogP contribution in [0.15, 0.2) is 48.5 Å². The first-order valence-corrected chi connectivity index (χ1v) is 12.2. The van der Waals surface area contributed by atoms with Crippen molar-refractivity contribution in [2.24, 2.45) is 11.8 Å². The molecule has 3 rings (SSSR count). The molecule has 0 radical (unpaired) electrons. The molecule has 3 N–H and O–H groups in total. The summed E-state index contributed by atoms with van der Waals surface area (Å²) in [7, 11) is 0. The van der Waals surface area contributed by atoms with Gasteiger partial charge in [0.25, 0.3) is 0 Å². The quantitative estimate of drug-likeness (QED) is 0.508. The molecule has 0 aliphatic carbocycles. The predicted molar refractivity (Wildman–Crippen MR) is 133 cm³/mol. The third-order valence-corrected chi connectivity index (χ3v) is 7.25. The zero-order valence-electron chi connectivity index (χ0n) is 20.6. The Bertz CT molecular complexity index is 912. The SMILES string of the molecule is CC(C)C[C@@H](CN1CC[C@@](C)(c2cccc(O)c2)[C@@H](C)C1)NC(=O)CCc1ccc(O)cc1. The zero-order valence-corrected chi connectivity index (χ0v) is 20.6. The third kappa shape index (κ3) is 6.97. The predicted octanol–water partition coefficient (Wildman–Crippen LogP) is 4.86. The number of piperidine rings is 1. The van der Waals surface area contributed by atoms with Crippen LogP contribution in [0.5, 0.6) is 11.5 Å². The topological polar surface area (TPSA) is 72.8 Å². The number of aromatic hydroxyl groups is 2. The van der Waals surface area contributed by atoms with Crippen molar-refractivity contribution < 1.29 is 15.0 Å². The van der Waals surface area contributed by atoms with Gasteiger partial charge in [0.15, 0.2) is 0 Å². The second-order valence-corrected chi connectivity index (χ2v) is 10.4. The van der Waals surface area contributed by atoms with Crippen LogP contribution >= 0.6 is 0 Å². The molecule has 0 saturated carbocycles. The number of hydrogen-bond acceptors (Lipinski definition) is 4. The van der Waals surface area contributed by atoms with Gasteiger partial charge in [0.2, 0.25) is 5.91 Å². The number of phenols is 2. The van der Waals surface area contributed by atoms with E-state index in [1.165, 1.54) is 5.56 Å². The van der Waals surface area contributed by atoms with Gasteiger partial charge < -0.3 is 20.4 Å². The maximum absolute atomic E-state index is 12.7. The molecule has 5 nitrogen and oxygen atoms in total. The highest BCUT2D eigenvalue weighted by atomic mass is 16.3. The van der Waals surface area contributed by atoms with E-state index in [0.29, 0.717) is 30.4 Å². The summed E-state index contributed by atoms with van der Waals surface area (Å²) in [5.41, 5.74) is 2.30. The molecule has 2 aromatic carbocycles. The van der Waals surface area contributed by atoms with Crippen LogP contribution in [0.3, 0.4) is 0 Å². The number of benzene rings is 2. The summed E-state index contributed by atoms with van der Waals surface area (Å²) in [6.45, 7) is 11.8. The van der Waals surface area contributed by atoms with Gasteiger partial charge >= 0.3 is 0 Å². The summed E-state index contributed by atoms with van der Waals surface area (Å²) in [4.78, 5) is 15.2. The van der Waals surface area contributed by atoms with Gasteiger partial charge in [-0.15, -0.1) is 0 Å². The van der Waals surface area contributed by atoms with Gasteiger partial charge in [0, 0.05) is 25.6 Å². The average Bonchev–Trinajstić information content (AvgIpc) is 2.75. The summed E-state index contributed by atoms with van der Waals surface area (Å²) in [5.74, 6) is 1.61. The second kappa shape index (κ2) is 11.1. The molecule has 33 heavy (non-hydrogen) atoms. The zero-order chi connectivity index (χ0) is 24.0. The summed E-state index contributed by atoms with van der Waals surface area (Å²) in [6.07, 6.45) is 3.11. The van der Waals surface area contributed by atoms with Gasteiger partial charge in [-0.1, -0.05) is 52.0 Å². The van der Waals surface area contributed by atoms with E-state index in [9.17, 15) is 15.0 Å². The van der Waals surface area contributed by atoms with Gasteiger partial charge in [-0.3, -0.25) is 4.79 Å². The summed E-state index contributed by atoms with van der Waals surface area (Å²) in [5, 5.41) is 22.7. The van der Waals surface area contributed by atoms with Crippen molar-refractivity contribution in [1.82, 2.24) is 10.2 Å². The number of likely N-dealkylation sites (tertiary alicyclic amines) is 1. The molecule has 1 fully saturated rings. The molecule has 1 heterocycles. The number of phenolic OH excluding ortho intramolecular Hbond substituents is 2. The fraction of sp³-hybridized carbons (Fsp3) is 0.536. The molecule has 3 atom stereocenters. The Morgan fingerprint density at radius 3 is 2.52 bits per heavy atom. The van der Waals surface area contributed by atoms with E-state index in [1.807, 2.05) is 24.3 Å². The minimum absolute atomic E-state index is 0.0378. The van der Waals surface area contributed by atoms with Crippen LogP contribution in [0.1, 0.15) is 58.1 Å². The lowest BCUT2D eigenvalue weighted by Crippen LogP contribution is -2.52. The fourth-order valence-electron chi connectivity index (χ4n) is 5.05. The highest BCUT2D eigenvalue weighted by Gasteiger charge is 2.38. The van der Waals surface area contributed by atoms with Crippen molar-refractivity contribution in [3.8, 4) is 11.5 Å². The minimum Gasteiger partial charge on any atom is -0.508 e. The molecule has 1 aliphatic rings. The van der Waals surface area contributed by atoms with Crippen LogP contribution < -0.4 is 5.32 Å². The number of nitrogens with one attached hydrogen (secondary N) is 1. The van der Waals surface area contributed by atoms with Crippen LogP contribution in [0.2, 0.25) is 0 Å². The number of nitrogens with zero attached hydrogens (tertiary/aromatic N) is 1. The van der Waals surface area contributed by atoms with Crippen molar-refractivity contribution in [3.05, 3.63) is 59.7 Å². The maximum Gasteiger partial charge on any atom is 0.220 e. The van der Waals surface area contributed by atoms with E-state index < -0.39 is 0 Å². The number of hydrogen-bond donors (Lipinski definition) is 3. The van der Waals surface area contributed by atoms with Crippen LogP contribution in [0.4, 0.5) is 0 Å². The number of carbonyl (C=O) groups is 1. The Balaban J connectivity index is 1.56. The highest BCUT2D eigenvalue weighted by Crippen LogP contribution is 2.40. The Kier molecular flexibility index (Phi) is 8.41. The van der Waals surface area contributed by atoms with Gasteiger partial charge in [-0.25, -0.2) is 0 Å². The number of amides is 1. The van der Waals surface area contributed by atoms with Gasteiger partial charge in [-0.05, 0) is 78.5 Å². The molecule has 1 aliphatic heterocycles. The Morgan fingerprint density at radius 2 is 1.88 bits per heavy atom. The largest absolute Gasteiger partial charge is 0.508 e. The lowest BCUT2D eigenvalue weighted by molar-refractivity contribution is -0.122. The van der Waals surface area contributed by atoms with Crippen molar-refractivity contribution in [1.29, 1.82) is 0 Å². The van der Waals surface area contributed by atoms with Crippen molar-refractivity contribution in [2.45, 2.75) is 64.8 Å². The molecule has 0 bridgehead atoms. The molecule has 5 heteroatoms. The van der Waals surface area contributed by atoms with Crippen molar-refractivity contribution >= 4 is 5.91 Å². The fourth-order valence-corrected chi connectivity index (χ4v) is 5.05. The minimum atomic E-state index is 0.0378. The van der Waals surface area contributed by atoms with E-state index in [2.05, 4.69) is 44.0 Å². The van der Waals surface area contributed by atoms with E-state index in [1.54, 1.807) is 18.2 Å². The van der Waals surface area contributed by atoms with Gasteiger partial charge in [0.05, 0.1) is 0 Å². The van der Waals surface area contributed by atoms with E-state index in [4.69, 9.17) is 0 Å². The van der Waals surface area contributed by atoms with Crippen LogP contribution in [-0.4, -0.2) is 46.7 Å². The number of aryl methyl sites for hydroxylation is 1. The summed E-state index contributed by atoms with van der Waals surface area (Å²) in [6, 6.07) is 14.9. The third-order valence-electron chi connectivity index (χ3n) is 7.25. The summed E-state index contributed by atoms with van der Waals surface area (Å²) < 4.78 is 0. The van der Waals surface area contributed by atoms with E-state index >= 15 is 0 Å². The lowest BCUT2D eigenvalue weighted by atomic mass is 9.68.